The summed E-state index contributed by atoms with van der Waals surface area (Å²) >= 11 is 10.7. The van der Waals surface area contributed by atoms with E-state index in [1.54, 1.807) is 0 Å². The molecule has 0 saturated carbocycles. The summed E-state index contributed by atoms with van der Waals surface area (Å²) in [5.41, 5.74) is 4.35. The van der Waals surface area contributed by atoms with Crippen molar-refractivity contribution in [2.24, 2.45) is 0 Å². The van der Waals surface area contributed by atoms with E-state index in [0.29, 0.717) is 10.3 Å². The number of aromatic nitrogens is 2. The zero-order valence-electron chi connectivity index (χ0n) is 14.1. The molecule has 0 atom stereocenters. The van der Waals surface area contributed by atoms with Crippen molar-refractivity contribution in [3.8, 4) is 0 Å². The Morgan fingerprint density at radius 1 is 1.21 bits per heavy atom. The highest BCUT2D eigenvalue weighted by atomic mass is 79.9. The quantitative estimate of drug-likeness (QED) is 0.563. The molecule has 1 aliphatic rings. The fourth-order valence-electron chi connectivity index (χ4n) is 2.60. The van der Waals surface area contributed by atoms with Crippen LogP contribution >= 0.6 is 40.2 Å². The lowest BCUT2D eigenvalue weighted by Crippen LogP contribution is -2.22. The third-order valence-electron chi connectivity index (χ3n) is 3.70. The molecule has 3 rings (SSSR count). The number of unbranched alkanes of at least 4 members (excludes halogenated alkanes) is 2. The summed E-state index contributed by atoms with van der Waals surface area (Å²) in [6.45, 7) is 5.64. The number of nitrogens with zero attached hydrogens (tertiary/aromatic N) is 2. The molecule has 0 spiro atoms. The Hall–Kier alpha value is -0.970. The Balaban J connectivity index is 0.000000304. The summed E-state index contributed by atoms with van der Waals surface area (Å²) in [6, 6.07) is 8.77. The fourth-order valence-corrected chi connectivity index (χ4v) is 2.80. The van der Waals surface area contributed by atoms with E-state index >= 15 is 0 Å². The van der Waals surface area contributed by atoms with Crippen molar-refractivity contribution < 1.29 is 0 Å². The van der Waals surface area contributed by atoms with Crippen LogP contribution in [-0.4, -0.2) is 16.5 Å². The van der Waals surface area contributed by atoms with Gasteiger partial charge in [0.05, 0.1) is 6.33 Å². The maximum Gasteiger partial charge on any atom is 0.165 e. The van der Waals surface area contributed by atoms with Crippen molar-refractivity contribution >= 4 is 45.9 Å². The molecule has 1 aromatic carbocycles. The van der Waals surface area contributed by atoms with Crippen LogP contribution in [0, 0.1) is 0 Å². The zero-order valence-corrected chi connectivity index (χ0v) is 17.3. The van der Waals surface area contributed by atoms with Gasteiger partial charge in [0.25, 0.3) is 0 Å². The molecule has 2 aromatic rings. The molecule has 0 unspecified atom stereocenters. The van der Waals surface area contributed by atoms with Gasteiger partial charge in [0.2, 0.25) is 0 Å². The maximum absolute atomic E-state index is 5.37. The number of aromatic amines is 1. The molecule has 6 heteroatoms. The highest BCUT2D eigenvalue weighted by Gasteiger charge is 2.14. The maximum atomic E-state index is 5.37. The van der Waals surface area contributed by atoms with Crippen LogP contribution in [-0.2, 0) is 6.42 Å². The van der Waals surface area contributed by atoms with Gasteiger partial charge in [0, 0.05) is 18.4 Å². The van der Waals surface area contributed by atoms with Crippen LogP contribution in [0.1, 0.15) is 38.7 Å². The first kappa shape index (κ1) is 21.1. The van der Waals surface area contributed by atoms with Gasteiger partial charge >= 0.3 is 0 Å². The average Bonchev–Trinajstić information content (AvgIpc) is 2.91. The number of anilines is 1. The monoisotopic (exact) mass is 431 g/mol. The number of benzene rings is 1. The molecule has 2 heterocycles. The van der Waals surface area contributed by atoms with Gasteiger partial charge in [-0.1, -0.05) is 66.7 Å². The van der Waals surface area contributed by atoms with Gasteiger partial charge in [-0.25, -0.2) is 4.98 Å². The third-order valence-corrected chi connectivity index (χ3v) is 4.37. The number of rotatable bonds is 4. The van der Waals surface area contributed by atoms with Crippen LogP contribution in [0.3, 0.4) is 0 Å². The Kier molecular flexibility index (Phi) is 9.49. The summed E-state index contributed by atoms with van der Waals surface area (Å²) in [6.07, 6.45) is 8.77. The van der Waals surface area contributed by atoms with Gasteiger partial charge in [0.1, 0.15) is 5.15 Å². The van der Waals surface area contributed by atoms with Crippen molar-refractivity contribution in [3.05, 3.63) is 58.2 Å². The molecule has 0 aliphatic carbocycles. The van der Waals surface area contributed by atoms with E-state index in [9.17, 15) is 0 Å². The van der Waals surface area contributed by atoms with E-state index < -0.39 is 0 Å². The summed E-state index contributed by atoms with van der Waals surface area (Å²) in [5, 5.41) is 0.711. The van der Waals surface area contributed by atoms with Gasteiger partial charge in [-0.2, -0.15) is 0 Å². The molecule has 0 amide bonds. The Labute approximate surface area is 164 Å². The SMILES string of the molecule is Br.CCCCCN1C=C(C)Cc2ccccc21.Clc1nc[nH]c1Cl. The lowest BCUT2D eigenvalue weighted by atomic mass is 10.0. The number of para-hydroxylation sites is 1. The van der Waals surface area contributed by atoms with E-state index in [4.69, 9.17) is 23.2 Å². The first-order chi connectivity index (χ1) is 11.1. The smallest absolute Gasteiger partial charge is 0.165 e. The number of H-pyrrole nitrogens is 1. The van der Waals surface area contributed by atoms with Crippen molar-refractivity contribution in [1.29, 1.82) is 0 Å². The predicted octanol–water partition coefficient (Wildman–Crippen LogP) is 6.44. The molecule has 0 radical (unpaired) electrons. The number of hydrogen-bond acceptors (Lipinski definition) is 2. The summed E-state index contributed by atoms with van der Waals surface area (Å²) in [5.74, 6) is 0. The second kappa shape index (κ2) is 10.8. The Morgan fingerprint density at radius 3 is 2.54 bits per heavy atom. The molecule has 1 N–H and O–H groups in total. The highest BCUT2D eigenvalue weighted by Crippen LogP contribution is 2.28. The lowest BCUT2D eigenvalue weighted by Gasteiger charge is -2.28. The summed E-state index contributed by atoms with van der Waals surface area (Å²) in [7, 11) is 0. The predicted molar refractivity (Wildman–Crippen MR) is 110 cm³/mol. The molecule has 1 aliphatic heterocycles. The van der Waals surface area contributed by atoms with Crippen LogP contribution < -0.4 is 4.90 Å². The number of hydrogen-bond donors (Lipinski definition) is 1. The average molecular weight is 433 g/mol. The van der Waals surface area contributed by atoms with Gasteiger partial charge in [-0.05, 0) is 31.4 Å². The third kappa shape index (κ3) is 6.15. The van der Waals surface area contributed by atoms with Crippen molar-refractivity contribution in [3.63, 3.8) is 0 Å². The van der Waals surface area contributed by atoms with Crippen LogP contribution in [0.4, 0.5) is 5.69 Å². The summed E-state index contributed by atoms with van der Waals surface area (Å²) < 4.78 is 0. The normalized spacial score (nSPS) is 12.5. The largest absolute Gasteiger partial charge is 0.348 e. The molecular weight excluding hydrogens is 409 g/mol. The van der Waals surface area contributed by atoms with Crippen LogP contribution in [0.5, 0.6) is 0 Å². The molecule has 0 fully saturated rings. The minimum Gasteiger partial charge on any atom is -0.348 e. The number of imidazole rings is 1. The fraction of sp³-hybridized carbons (Fsp3) is 0.389. The standard InChI is InChI=1S/C15H21N.C3H2Cl2N2.BrH/c1-3-4-7-10-16-12-13(2)11-14-8-5-6-9-15(14)16;4-2-3(5)7-1-6-2;/h5-6,8-9,12H,3-4,7,10-11H2,1-2H3;1H,(H,6,7);1H. The second-order valence-corrected chi connectivity index (χ2v) is 6.42. The second-order valence-electron chi connectivity index (χ2n) is 5.69. The van der Waals surface area contributed by atoms with Crippen LogP contribution in [0.15, 0.2) is 42.4 Å². The van der Waals surface area contributed by atoms with Gasteiger partial charge < -0.3 is 9.88 Å². The van der Waals surface area contributed by atoms with E-state index in [2.05, 4.69) is 59.2 Å². The van der Waals surface area contributed by atoms with E-state index in [0.717, 1.165) is 13.0 Å². The van der Waals surface area contributed by atoms with E-state index in [1.165, 1.54) is 42.4 Å². The minimum atomic E-state index is 0. The molecule has 0 bridgehead atoms. The van der Waals surface area contributed by atoms with Crippen LogP contribution in [0.25, 0.3) is 0 Å². The van der Waals surface area contributed by atoms with Crippen LogP contribution in [0.2, 0.25) is 10.3 Å². The highest BCUT2D eigenvalue weighted by molar-refractivity contribution is 8.93. The first-order valence-corrected chi connectivity index (χ1v) is 8.73. The van der Waals surface area contributed by atoms with Crippen molar-refractivity contribution in [2.75, 3.05) is 11.4 Å². The summed E-state index contributed by atoms with van der Waals surface area (Å²) in [4.78, 5) is 8.61. The first-order valence-electron chi connectivity index (χ1n) is 7.98. The zero-order chi connectivity index (χ0) is 16.7. The minimum absolute atomic E-state index is 0. The molecule has 1 aromatic heterocycles. The molecule has 132 valence electrons. The van der Waals surface area contributed by atoms with Gasteiger partial charge in [-0.15, -0.1) is 17.0 Å². The lowest BCUT2D eigenvalue weighted by molar-refractivity contribution is 0.709. The number of fused-ring (bicyclic) bond motifs is 1. The Morgan fingerprint density at radius 2 is 1.96 bits per heavy atom. The molecule has 24 heavy (non-hydrogen) atoms. The molecule has 3 nitrogen and oxygen atoms in total. The number of halogens is 3. The van der Waals surface area contributed by atoms with Crippen molar-refractivity contribution in [1.82, 2.24) is 9.97 Å². The van der Waals surface area contributed by atoms with Gasteiger partial charge in [-0.3, -0.25) is 0 Å². The number of nitrogens with one attached hydrogen (secondary N) is 1. The van der Waals surface area contributed by atoms with E-state index in [1.807, 2.05) is 0 Å². The topological polar surface area (TPSA) is 31.9 Å². The van der Waals surface area contributed by atoms with E-state index in [-0.39, 0.29) is 17.0 Å². The van der Waals surface area contributed by atoms with Gasteiger partial charge in [0.15, 0.2) is 5.15 Å². The number of allylic oxidation sites excluding steroid dienone is 1. The molecule has 0 saturated heterocycles. The molecular formula is C18H24BrCl2N3. The Bertz CT molecular complexity index is 639. The van der Waals surface area contributed by atoms with Crippen molar-refractivity contribution in [2.45, 2.75) is 39.5 Å².